The largest absolute Gasteiger partial charge is 0.303 e. The Morgan fingerprint density at radius 3 is 2.65 bits per heavy atom. The average Bonchev–Trinajstić information content (AvgIpc) is 2.37. The molecule has 1 aromatic heterocycles. The normalized spacial score (nSPS) is 10.6. The van der Waals surface area contributed by atoms with E-state index < -0.39 is 0 Å². The predicted octanol–water partition coefficient (Wildman–Crippen LogP) is 3.83. The molecule has 0 aliphatic carbocycles. The molecule has 104 valence electrons. The van der Waals surface area contributed by atoms with Crippen LogP contribution < -0.4 is 5.30 Å². The van der Waals surface area contributed by atoms with E-state index in [1.54, 1.807) is 18.2 Å². The number of nitrogens with zero attached hydrogens (tertiary/aromatic N) is 1. The molecule has 1 atom stereocenters. The number of halogens is 3. The Bertz CT molecular complexity index is 664. The van der Waals surface area contributed by atoms with Crippen molar-refractivity contribution in [3.63, 3.8) is 0 Å². The molecule has 0 saturated carbocycles. The second kappa shape index (κ2) is 6.62. The zero-order valence-corrected chi connectivity index (χ0v) is 13.0. The van der Waals surface area contributed by atoms with Crippen LogP contribution >= 0.6 is 32.4 Å². The molecule has 0 bridgehead atoms. The molecule has 1 heterocycles. The summed E-state index contributed by atoms with van der Waals surface area (Å²) in [5.74, 6) is -0.372. The maximum Gasteiger partial charge on any atom is 0.134 e. The summed E-state index contributed by atoms with van der Waals surface area (Å²) in [6.45, 7) is 0. The van der Waals surface area contributed by atoms with Gasteiger partial charge in [-0.15, -0.1) is 9.24 Å². The van der Waals surface area contributed by atoms with Crippen molar-refractivity contribution in [1.82, 2.24) is 4.98 Å². The van der Waals surface area contributed by atoms with Gasteiger partial charge in [-0.05, 0) is 35.0 Å². The fourth-order valence-electron chi connectivity index (χ4n) is 1.94. The van der Waals surface area contributed by atoms with Gasteiger partial charge < -0.3 is 4.79 Å². The Hall–Kier alpha value is -1.02. The van der Waals surface area contributed by atoms with Crippen LogP contribution in [0.4, 0.5) is 4.39 Å². The Morgan fingerprint density at radius 1 is 1.25 bits per heavy atom. The van der Waals surface area contributed by atoms with Crippen molar-refractivity contribution in [3.8, 4) is 11.1 Å². The molecule has 0 N–H and O–H groups in total. The molecule has 0 spiro atoms. The second-order valence-corrected chi connectivity index (χ2v) is 5.62. The summed E-state index contributed by atoms with van der Waals surface area (Å²) in [5, 5.41) is 1.13. The van der Waals surface area contributed by atoms with Crippen LogP contribution in [0.25, 0.3) is 11.1 Å². The van der Waals surface area contributed by atoms with Crippen molar-refractivity contribution in [2.75, 3.05) is 0 Å². The highest BCUT2D eigenvalue weighted by molar-refractivity contribution is 7.27. The van der Waals surface area contributed by atoms with Crippen molar-refractivity contribution in [1.29, 1.82) is 0 Å². The van der Waals surface area contributed by atoms with Crippen molar-refractivity contribution >= 4 is 44.0 Å². The smallest absolute Gasteiger partial charge is 0.134 e. The third-order valence-corrected chi connectivity index (χ3v) is 3.70. The predicted molar refractivity (Wildman–Crippen MR) is 83.4 cm³/mol. The lowest BCUT2D eigenvalue weighted by Crippen LogP contribution is -1.99. The molecular weight excluding hydrogens is 319 g/mol. The average molecular weight is 330 g/mol. The van der Waals surface area contributed by atoms with Gasteiger partial charge in [-0.1, -0.05) is 35.3 Å². The van der Waals surface area contributed by atoms with Crippen LogP contribution in [0.1, 0.15) is 12.0 Å². The van der Waals surface area contributed by atoms with E-state index in [1.165, 1.54) is 6.07 Å². The summed E-state index contributed by atoms with van der Waals surface area (Å²) in [5.41, 5.74) is 1.58. The van der Waals surface area contributed by atoms with E-state index in [9.17, 15) is 9.18 Å². The van der Waals surface area contributed by atoms with Gasteiger partial charge in [0.2, 0.25) is 0 Å². The number of hydrogen-bond acceptors (Lipinski definition) is 2. The molecule has 2 rings (SSSR count). The number of aromatic nitrogens is 1. The molecular formula is C14H11Cl2FNOP. The first-order valence-corrected chi connectivity index (χ1v) is 7.20. The van der Waals surface area contributed by atoms with Gasteiger partial charge in [-0.2, -0.15) is 0 Å². The molecule has 0 fully saturated rings. The lowest BCUT2D eigenvalue weighted by molar-refractivity contribution is -0.107. The zero-order valence-electron chi connectivity index (χ0n) is 10.4. The third kappa shape index (κ3) is 3.35. The second-order valence-electron chi connectivity index (χ2n) is 4.21. The van der Waals surface area contributed by atoms with Gasteiger partial charge in [0.1, 0.15) is 22.4 Å². The third-order valence-electron chi connectivity index (χ3n) is 2.84. The van der Waals surface area contributed by atoms with Crippen LogP contribution in [0.15, 0.2) is 24.3 Å². The van der Waals surface area contributed by atoms with E-state index in [0.717, 1.165) is 11.6 Å². The molecule has 20 heavy (non-hydrogen) atoms. The summed E-state index contributed by atoms with van der Waals surface area (Å²) in [4.78, 5) is 14.5. The van der Waals surface area contributed by atoms with Gasteiger partial charge >= 0.3 is 0 Å². The fourth-order valence-corrected chi connectivity index (χ4v) is 2.71. The van der Waals surface area contributed by atoms with Gasteiger partial charge in [0.25, 0.3) is 0 Å². The standard InChI is InChI=1S/C14H11Cl2FNOP/c15-13-7-11(9-4-3-8(20)6-12(9)17)10(2-1-5-19)14(16)18-13/h3-7H,1-2,20H2. The first-order valence-electron chi connectivity index (χ1n) is 5.87. The van der Waals surface area contributed by atoms with Gasteiger partial charge in [0, 0.05) is 12.0 Å². The van der Waals surface area contributed by atoms with Crippen LogP contribution in [0.5, 0.6) is 0 Å². The highest BCUT2D eigenvalue weighted by Crippen LogP contribution is 2.32. The minimum Gasteiger partial charge on any atom is -0.303 e. The number of pyridine rings is 1. The molecule has 2 nitrogen and oxygen atoms in total. The summed E-state index contributed by atoms with van der Waals surface area (Å²) < 4.78 is 14.1. The number of carbonyl (C=O) groups excluding carboxylic acids is 1. The first kappa shape index (κ1) is 15.4. The van der Waals surface area contributed by atoms with Crippen molar-refractivity contribution in [3.05, 3.63) is 46.0 Å². The fraction of sp³-hybridized carbons (Fsp3) is 0.143. The SMILES string of the molecule is O=CCCc1c(-c2ccc(P)cc2F)cc(Cl)nc1Cl. The van der Waals surface area contributed by atoms with Crippen molar-refractivity contribution < 1.29 is 9.18 Å². The van der Waals surface area contributed by atoms with Crippen LogP contribution in [0.2, 0.25) is 10.3 Å². The summed E-state index contributed by atoms with van der Waals surface area (Å²) >= 11 is 12.0. The molecule has 2 aromatic rings. The molecule has 0 amide bonds. The van der Waals surface area contributed by atoms with E-state index >= 15 is 0 Å². The monoisotopic (exact) mass is 329 g/mol. The lowest BCUT2D eigenvalue weighted by atomic mass is 9.98. The molecule has 6 heteroatoms. The van der Waals surface area contributed by atoms with Gasteiger partial charge in [0.05, 0.1) is 0 Å². The molecule has 0 radical (unpaired) electrons. The Balaban J connectivity index is 2.61. The van der Waals surface area contributed by atoms with Crippen LogP contribution in [-0.4, -0.2) is 11.3 Å². The summed E-state index contributed by atoms with van der Waals surface area (Å²) in [6, 6.07) is 6.40. The van der Waals surface area contributed by atoms with E-state index in [0.29, 0.717) is 29.5 Å². The number of benzene rings is 1. The lowest BCUT2D eigenvalue weighted by Gasteiger charge is -2.12. The van der Waals surface area contributed by atoms with E-state index in [-0.39, 0.29) is 16.1 Å². The van der Waals surface area contributed by atoms with Crippen molar-refractivity contribution in [2.24, 2.45) is 0 Å². The van der Waals surface area contributed by atoms with Crippen LogP contribution in [-0.2, 0) is 11.2 Å². The first-order chi connectivity index (χ1) is 9.52. The van der Waals surface area contributed by atoms with Crippen LogP contribution in [0, 0.1) is 5.82 Å². The molecule has 0 aliphatic rings. The zero-order chi connectivity index (χ0) is 14.7. The number of hydrogen-bond donors (Lipinski definition) is 0. The van der Waals surface area contributed by atoms with Gasteiger partial charge in [0.15, 0.2) is 0 Å². The Morgan fingerprint density at radius 2 is 2.00 bits per heavy atom. The maximum atomic E-state index is 14.1. The highest BCUT2D eigenvalue weighted by atomic mass is 35.5. The minimum absolute atomic E-state index is 0.189. The van der Waals surface area contributed by atoms with Crippen LogP contribution in [0.3, 0.4) is 0 Å². The topological polar surface area (TPSA) is 30.0 Å². The summed E-state index contributed by atoms with van der Waals surface area (Å²) in [6.07, 6.45) is 1.47. The highest BCUT2D eigenvalue weighted by Gasteiger charge is 2.15. The molecule has 1 aromatic carbocycles. The number of carbonyl (C=O) groups is 1. The van der Waals surface area contributed by atoms with Gasteiger partial charge in [-0.3, -0.25) is 0 Å². The van der Waals surface area contributed by atoms with E-state index in [1.807, 2.05) is 0 Å². The molecule has 1 unspecified atom stereocenters. The Labute approximate surface area is 128 Å². The number of rotatable bonds is 4. The Kier molecular flexibility index (Phi) is 5.09. The quantitative estimate of drug-likeness (QED) is 0.485. The van der Waals surface area contributed by atoms with Gasteiger partial charge in [-0.25, -0.2) is 9.37 Å². The summed E-state index contributed by atoms with van der Waals surface area (Å²) in [7, 11) is 2.43. The number of aldehydes is 1. The minimum atomic E-state index is -0.372. The van der Waals surface area contributed by atoms with Crippen molar-refractivity contribution in [2.45, 2.75) is 12.8 Å². The molecule has 0 aliphatic heterocycles. The van der Waals surface area contributed by atoms with E-state index in [4.69, 9.17) is 23.2 Å². The maximum absolute atomic E-state index is 14.1. The van der Waals surface area contributed by atoms with E-state index in [2.05, 4.69) is 14.2 Å². The molecule has 0 saturated heterocycles.